The van der Waals surface area contributed by atoms with Crippen LogP contribution in [0.2, 0.25) is 0 Å². The highest BCUT2D eigenvalue weighted by Crippen LogP contribution is 2.14. The van der Waals surface area contributed by atoms with Gasteiger partial charge in [0.05, 0.1) is 20.3 Å². The quantitative estimate of drug-likeness (QED) is 0.0259. The average molecular weight is 598 g/mol. The molecular formula is C32H55NO7S. The number of aliphatic imine (C=N–C) groups is 1. The maximum atomic E-state index is 11.6. The van der Waals surface area contributed by atoms with Crippen molar-refractivity contribution in [3.8, 4) is 0 Å². The number of hydrogen-bond acceptors (Lipinski definition) is 9. The lowest BCUT2D eigenvalue weighted by molar-refractivity contribution is -0.139. The Morgan fingerprint density at radius 2 is 1.17 bits per heavy atom. The zero-order valence-electron chi connectivity index (χ0n) is 26.1. The lowest BCUT2D eigenvalue weighted by Crippen LogP contribution is -2.09. The van der Waals surface area contributed by atoms with Crippen molar-refractivity contribution in [2.45, 2.75) is 111 Å². The number of nitrogens with zero attached hydrogens (tertiary/aromatic N) is 1. The Labute approximate surface area is 254 Å². The molecule has 0 aliphatic carbocycles. The first-order chi connectivity index (χ1) is 19.6. The minimum absolute atomic E-state index is 0.113. The number of carbonyl (C=O) groups excluding carboxylic acids is 4. The summed E-state index contributed by atoms with van der Waals surface area (Å²) in [5.41, 5.74) is 1.41. The molecule has 0 bridgehead atoms. The van der Waals surface area contributed by atoms with Crippen LogP contribution in [0.3, 0.4) is 0 Å². The highest BCUT2D eigenvalue weighted by atomic mass is 32.1. The molecular weight excluding hydrogens is 542 g/mol. The molecule has 0 radical (unpaired) electrons. The van der Waals surface area contributed by atoms with Crippen LogP contribution in [-0.2, 0) is 33.4 Å². The van der Waals surface area contributed by atoms with E-state index in [0.29, 0.717) is 29.7 Å². The van der Waals surface area contributed by atoms with Crippen molar-refractivity contribution in [2.75, 3.05) is 32.6 Å². The smallest absolute Gasteiger partial charge is 0.333 e. The van der Waals surface area contributed by atoms with Gasteiger partial charge in [0.2, 0.25) is 6.08 Å². The monoisotopic (exact) mass is 597 g/mol. The maximum absolute atomic E-state index is 11.6. The summed E-state index contributed by atoms with van der Waals surface area (Å²) in [4.78, 5) is 45.7. The number of rotatable bonds is 22. The van der Waals surface area contributed by atoms with Gasteiger partial charge in [0, 0.05) is 16.7 Å². The molecule has 0 rings (SSSR count). The third-order valence-electron chi connectivity index (χ3n) is 5.54. The maximum Gasteiger partial charge on any atom is 0.333 e. The fourth-order valence-corrected chi connectivity index (χ4v) is 3.31. The van der Waals surface area contributed by atoms with E-state index in [1.54, 1.807) is 13.8 Å². The number of thiol groups is 1. The minimum atomic E-state index is -0.381. The molecule has 8 nitrogen and oxygen atoms in total. The summed E-state index contributed by atoms with van der Waals surface area (Å²) in [6.45, 7) is 16.7. The number of hydrogen-bond donors (Lipinski definition) is 1. The number of carbonyl (C=O) groups is 3. The van der Waals surface area contributed by atoms with E-state index in [2.05, 4.69) is 49.0 Å². The van der Waals surface area contributed by atoms with E-state index in [1.165, 1.54) is 71.0 Å². The van der Waals surface area contributed by atoms with Gasteiger partial charge in [0.1, 0.15) is 6.61 Å². The number of esters is 3. The van der Waals surface area contributed by atoms with Crippen LogP contribution in [-0.4, -0.2) is 56.6 Å². The van der Waals surface area contributed by atoms with Crippen LogP contribution in [0.4, 0.5) is 0 Å². The second kappa shape index (κ2) is 33.6. The standard InChI is InChI=1S/C19H33NO3S.C8H14O2.C5H8O2/c1-18(19(22)23-15-14-20-17-21)13-11-9-7-5-3-2-4-6-8-10-12-16-24;1-4-5-6-10-8(9)7(2)3;1-4(2)5(6)7-3/h24H,1-16H2;2,4-6H2,1,3H3;1H2,2-3H3. The summed E-state index contributed by atoms with van der Waals surface area (Å²) in [7, 11) is 1.33. The molecule has 0 aliphatic heterocycles. The highest BCUT2D eigenvalue weighted by Gasteiger charge is 2.07. The van der Waals surface area contributed by atoms with E-state index >= 15 is 0 Å². The van der Waals surface area contributed by atoms with Crippen molar-refractivity contribution in [3.63, 3.8) is 0 Å². The molecule has 0 heterocycles. The molecule has 0 fully saturated rings. The summed E-state index contributed by atoms with van der Waals surface area (Å²) in [5.74, 6) is 0.00116. The van der Waals surface area contributed by atoms with E-state index in [-0.39, 0.29) is 31.1 Å². The predicted octanol–water partition coefficient (Wildman–Crippen LogP) is 7.67. The summed E-state index contributed by atoms with van der Waals surface area (Å²) >= 11 is 4.22. The van der Waals surface area contributed by atoms with Crippen LogP contribution in [0.15, 0.2) is 41.4 Å². The van der Waals surface area contributed by atoms with Gasteiger partial charge in [-0.3, -0.25) is 0 Å². The van der Waals surface area contributed by atoms with Crippen LogP contribution in [0, 0.1) is 0 Å². The lowest BCUT2D eigenvalue weighted by atomic mass is 10.0. The van der Waals surface area contributed by atoms with Gasteiger partial charge in [-0.2, -0.15) is 12.6 Å². The van der Waals surface area contributed by atoms with E-state index < -0.39 is 0 Å². The number of methoxy groups -OCH3 is 1. The fraction of sp³-hybridized carbons (Fsp3) is 0.688. The molecule has 0 unspecified atom stereocenters. The molecule has 0 aliphatic rings. The van der Waals surface area contributed by atoms with Crippen molar-refractivity contribution in [3.05, 3.63) is 36.5 Å². The second-order valence-electron chi connectivity index (χ2n) is 9.62. The van der Waals surface area contributed by atoms with Gasteiger partial charge in [-0.25, -0.2) is 24.2 Å². The molecule has 0 spiro atoms. The summed E-state index contributed by atoms with van der Waals surface area (Å²) in [6, 6.07) is 0. The third kappa shape index (κ3) is 35.3. The van der Waals surface area contributed by atoms with Crippen LogP contribution in [0.25, 0.3) is 0 Å². The van der Waals surface area contributed by atoms with Crippen LogP contribution >= 0.6 is 12.6 Å². The molecule has 0 saturated carbocycles. The highest BCUT2D eigenvalue weighted by molar-refractivity contribution is 7.80. The largest absolute Gasteiger partial charge is 0.466 e. The lowest BCUT2D eigenvalue weighted by Gasteiger charge is -2.06. The predicted molar refractivity (Wildman–Crippen MR) is 170 cm³/mol. The van der Waals surface area contributed by atoms with Gasteiger partial charge in [0.25, 0.3) is 0 Å². The van der Waals surface area contributed by atoms with Crippen LogP contribution in [0.5, 0.6) is 0 Å². The first-order valence-electron chi connectivity index (χ1n) is 14.6. The van der Waals surface area contributed by atoms with Gasteiger partial charge in [0.15, 0.2) is 0 Å². The van der Waals surface area contributed by atoms with Crippen LogP contribution < -0.4 is 0 Å². The molecule has 9 heteroatoms. The Morgan fingerprint density at radius 1 is 0.707 bits per heavy atom. The Bertz CT molecular complexity index is 789. The average Bonchev–Trinajstić information content (AvgIpc) is 2.95. The number of isocyanates is 1. The zero-order chi connectivity index (χ0) is 31.7. The van der Waals surface area contributed by atoms with Crippen molar-refractivity contribution < 1.29 is 33.4 Å². The number of ether oxygens (including phenoxy) is 3. The van der Waals surface area contributed by atoms with Crippen molar-refractivity contribution in [2.24, 2.45) is 4.99 Å². The second-order valence-corrected chi connectivity index (χ2v) is 10.1. The molecule has 0 aromatic heterocycles. The molecule has 41 heavy (non-hydrogen) atoms. The van der Waals surface area contributed by atoms with Crippen molar-refractivity contribution in [1.82, 2.24) is 0 Å². The molecule has 0 aromatic carbocycles. The molecule has 0 aromatic rings. The summed E-state index contributed by atoms with van der Waals surface area (Å²) in [5, 5.41) is 0. The van der Waals surface area contributed by atoms with E-state index in [4.69, 9.17) is 9.47 Å². The first-order valence-corrected chi connectivity index (χ1v) is 15.3. The van der Waals surface area contributed by atoms with E-state index in [0.717, 1.165) is 31.4 Å². The van der Waals surface area contributed by atoms with E-state index in [9.17, 15) is 19.2 Å². The normalized spacial score (nSPS) is 9.49. The molecule has 0 atom stereocenters. The van der Waals surface area contributed by atoms with Crippen molar-refractivity contribution in [1.29, 1.82) is 0 Å². The Morgan fingerprint density at radius 3 is 1.56 bits per heavy atom. The van der Waals surface area contributed by atoms with Gasteiger partial charge < -0.3 is 14.2 Å². The zero-order valence-corrected chi connectivity index (χ0v) is 27.0. The summed E-state index contributed by atoms with van der Waals surface area (Å²) < 4.78 is 14.0. The third-order valence-corrected chi connectivity index (χ3v) is 5.86. The number of unbranched alkanes of at least 4 members (excludes halogenated alkanes) is 11. The molecule has 236 valence electrons. The van der Waals surface area contributed by atoms with Gasteiger partial charge in [-0.05, 0) is 45.3 Å². The molecule has 0 N–H and O–H groups in total. The van der Waals surface area contributed by atoms with Crippen LogP contribution in [0.1, 0.15) is 111 Å². The first kappa shape index (κ1) is 42.8. The van der Waals surface area contributed by atoms with Gasteiger partial charge >= 0.3 is 17.9 Å². The minimum Gasteiger partial charge on any atom is -0.466 e. The molecule has 0 saturated heterocycles. The summed E-state index contributed by atoms with van der Waals surface area (Å²) in [6.07, 6.45) is 17.9. The Hall–Kier alpha value is -2.64. The fourth-order valence-electron chi connectivity index (χ4n) is 3.08. The van der Waals surface area contributed by atoms with Crippen molar-refractivity contribution >= 4 is 36.6 Å². The van der Waals surface area contributed by atoms with Gasteiger partial charge in [-0.1, -0.05) is 90.9 Å². The Balaban J connectivity index is -0.000000691. The topological polar surface area (TPSA) is 108 Å². The van der Waals surface area contributed by atoms with E-state index in [1.807, 2.05) is 0 Å². The molecule has 0 amide bonds. The van der Waals surface area contributed by atoms with Gasteiger partial charge in [-0.15, -0.1) is 0 Å². The SMILES string of the molecule is C=C(C)C(=O)OC.C=C(C)C(=O)OCCCC.C=C(CCCCCCCCCCCCCS)C(=O)OCCN=C=O. The Kier molecular flexibility index (Phi) is 35.1.